The first kappa shape index (κ1) is 22.3. The standard InChI is InChI=1S/C25H27NO5/c1-30-22-7-3-17(4-8-22)13-19-15-21(25(29)26-11-12-27)16-20(24(19)28)14-18-5-9-23(31-2)10-6-18/h3-10,13-14,21,27H,11-12,15-16H2,1-2H3,(H,26,29)/b19-13+,20-14+. The molecule has 0 saturated heterocycles. The van der Waals surface area contributed by atoms with Crippen LogP contribution in [0.3, 0.4) is 0 Å². The number of hydrogen-bond donors (Lipinski definition) is 2. The lowest BCUT2D eigenvalue weighted by Gasteiger charge is -2.25. The largest absolute Gasteiger partial charge is 0.497 e. The molecule has 2 aromatic rings. The van der Waals surface area contributed by atoms with Crippen LogP contribution in [0.15, 0.2) is 59.7 Å². The van der Waals surface area contributed by atoms with Gasteiger partial charge in [-0.05, 0) is 60.4 Å². The van der Waals surface area contributed by atoms with E-state index in [0.29, 0.717) is 24.0 Å². The van der Waals surface area contributed by atoms with Crippen LogP contribution in [0, 0.1) is 5.92 Å². The van der Waals surface area contributed by atoms with Gasteiger partial charge in [0.1, 0.15) is 11.5 Å². The van der Waals surface area contributed by atoms with Crippen molar-refractivity contribution in [3.8, 4) is 11.5 Å². The van der Waals surface area contributed by atoms with Gasteiger partial charge in [-0.2, -0.15) is 0 Å². The Balaban J connectivity index is 1.92. The fraction of sp³-hybridized carbons (Fsp3) is 0.280. The minimum atomic E-state index is -0.377. The van der Waals surface area contributed by atoms with E-state index in [4.69, 9.17) is 14.6 Å². The summed E-state index contributed by atoms with van der Waals surface area (Å²) in [5.41, 5.74) is 2.90. The fourth-order valence-electron chi connectivity index (χ4n) is 3.56. The SMILES string of the molecule is COc1ccc(/C=C2\CC(C(=O)NCCO)C/C(=C\c3ccc(OC)cc3)C2=O)cc1. The van der Waals surface area contributed by atoms with Gasteiger partial charge in [0.25, 0.3) is 0 Å². The predicted octanol–water partition coefficient (Wildman–Crippen LogP) is 3.26. The van der Waals surface area contributed by atoms with E-state index in [1.165, 1.54) is 0 Å². The summed E-state index contributed by atoms with van der Waals surface area (Å²) >= 11 is 0. The maximum atomic E-state index is 13.2. The number of amides is 1. The Kier molecular flexibility index (Phi) is 7.62. The first-order valence-corrected chi connectivity index (χ1v) is 10.2. The molecule has 0 radical (unpaired) electrons. The van der Waals surface area contributed by atoms with Crippen molar-refractivity contribution < 1.29 is 24.2 Å². The van der Waals surface area contributed by atoms with E-state index in [-0.39, 0.29) is 30.8 Å². The minimum Gasteiger partial charge on any atom is -0.497 e. The van der Waals surface area contributed by atoms with E-state index >= 15 is 0 Å². The number of ether oxygens (including phenoxy) is 2. The molecule has 3 rings (SSSR count). The van der Waals surface area contributed by atoms with Gasteiger partial charge in [0.2, 0.25) is 5.91 Å². The van der Waals surface area contributed by atoms with Gasteiger partial charge in [-0.15, -0.1) is 0 Å². The van der Waals surface area contributed by atoms with Gasteiger partial charge in [0, 0.05) is 23.6 Å². The van der Waals surface area contributed by atoms with Gasteiger partial charge < -0.3 is 19.9 Å². The minimum absolute atomic E-state index is 0.0576. The van der Waals surface area contributed by atoms with Crippen molar-refractivity contribution in [3.05, 3.63) is 70.8 Å². The van der Waals surface area contributed by atoms with Crippen LogP contribution in [-0.4, -0.2) is 44.2 Å². The Hall–Kier alpha value is -3.38. The number of rotatable bonds is 7. The van der Waals surface area contributed by atoms with Crippen molar-refractivity contribution in [1.82, 2.24) is 5.32 Å². The van der Waals surface area contributed by atoms with Crippen molar-refractivity contribution in [2.45, 2.75) is 12.8 Å². The quantitative estimate of drug-likeness (QED) is 0.671. The number of ketones is 1. The van der Waals surface area contributed by atoms with Crippen molar-refractivity contribution in [1.29, 1.82) is 0 Å². The Labute approximate surface area is 182 Å². The third kappa shape index (κ3) is 5.83. The molecule has 1 aliphatic rings. The molecule has 6 nitrogen and oxygen atoms in total. The van der Waals surface area contributed by atoms with E-state index in [0.717, 1.165) is 22.6 Å². The molecular weight excluding hydrogens is 394 g/mol. The van der Waals surface area contributed by atoms with Crippen LogP contribution in [-0.2, 0) is 9.59 Å². The Morgan fingerprint density at radius 1 is 0.935 bits per heavy atom. The highest BCUT2D eigenvalue weighted by Gasteiger charge is 2.31. The zero-order valence-electron chi connectivity index (χ0n) is 17.8. The third-order valence-electron chi connectivity index (χ3n) is 5.21. The number of aliphatic hydroxyl groups is 1. The smallest absolute Gasteiger partial charge is 0.223 e. The highest BCUT2D eigenvalue weighted by atomic mass is 16.5. The number of Topliss-reactive ketones (excluding diaryl/α,β-unsaturated/α-hetero) is 1. The average molecular weight is 421 g/mol. The number of allylic oxidation sites excluding steroid dienone is 2. The van der Waals surface area contributed by atoms with E-state index in [1.807, 2.05) is 60.7 Å². The molecule has 31 heavy (non-hydrogen) atoms. The summed E-state index contributed by atoms with van der Waals surface area (Å²) in [6.45, 7) is 0.0683. The molecule has 0 heterocycles. The molecular formula is C25H27NO5. The number of carbonyl (C=O) groups is 2. The molecule has 2 N–H and O–H groups in total. The third-order valence-corrected chi connectivity index (χ3v) is 5.21. The van der Waals surface area contributed by atoms with E-state index in [2.05, 4.69) is 5.32 Å². The summed E-state index contributed by atoms with van der Waals surface area (Å²) in [4.78, 5) is 25.8. The zero-order valence-corrected chi connectivity index (χ0v) is 17.8. The molecule has 1 fully saturated rings. The van der Waals surface area contributed by atoms with Crippen LogP contribution in [0.1, 0.15) is 24.0 Å². The van der Waals surface area contributed by atoms with Gasteiger partial charge in [-0.25, -0.2) is 0 Å². The molecule has 1 aliphatic carbocycles. The summed E-state index contributed by atoms with van der Waals surface area (Å²) < 4.78 is 10.4. The molecule has 1 amide bonds. The van der Waals surface area contributed by atoms with Crippen molar-refractivity contribution in [2.24, 2.45) is 5.92 Å². The maximum absolute atomic E-state index is 13.2. The number of aliphatic hydroxyl groups excluding tert-OH is 1. The summed E-state index contributed by atoms with van der Waals surface area (Å²) in [6.07, 6.45) is 4.36. The molecule has 0 atom stereocenters. The summed E-state index contributed by atoms with van der Waals surface area (Å²) in [5.74, 6) is 0.871. The second-order valence-electron chi connectivity index (χ2n) is 7.33. The predicted molar refractivity (Wildman–Crippen MR) is 120 cm³/mol. The van der Waals surface area contributed by atoms with Crippen LogP contribution in [0.2, 0.25) is 0 Å². The molecule has 0 aromatic heterocycles. The number of benzene rings is 2. The van der Waals surface area contributed by atoms with E-state index in [1.54, 1.807) is 14.2 Å². The average Bonchev–Trinajstić information content (AvgIpc) is 2.80. The monoisotopic (exact) mass is 421 g/mol. The van der Waals surface area contributed by atoms with Crippen LogP contribution in [0.25, 0.3) is 12.2 Å². The fourth-order valence-corrected chi connectivity index (χ4v) is 3.56. The molecule has 162 valence electrons. The molecule has 6 heteroatoms. The lowest BCUT2D eigenvalue weighted by atomic mass is 9.79. The zero-order chi connectivity index (χ0) is 22.2. The topological polar surface area (TPSA) is 84.9 Å². The van der Waals surface area contributed by atoms with Crippen molar-refractivity contribution in [2.75, 3.05) is 27.4 Å². The van der Waals surface area contributed by atoms with Gasteiger partial charge in [0.15, 0.2) is 5.78 Å². The second-order valence-corrected chi connectivity index (χ2v) is 7.33. The van der Waals surface area contributed by atoms with Gasteiger partial charge in [-0.1, -0.05) is 24.3 Å². The highest BCUT2D eigenvalue weighted by molar-refractivity contribution is 6.15. The van der Waals surface area contributed by atoms with Gasteiger partial charge in [0.05, 0.1) is 20.8 Å². The van der Waals surface area contributed by atoms with E-state index in [9.17, 15) is 9.59 Å². The molecule has 0 bridgehead atoms. The number of hydrogen-bond acceptors (Lipinski definition) is 5. The molecule has 1 saturated carbocycles. The molecule has 2 aromatic carbocycles. The number of methoxy groups -OCH3 is 2. The number of nitrogens with one attached hydrogen (secondary N) is 1. The first-order chi connectivity index (χ1) is 15.0. The lowest BCUT2D eigenvalue weighted by molar-refractivity contribution is -0.125. The summed E-state index contributed by atoms with van der Waals surface area (Å²) in [7, 11) is 3.20. The van der Waals surface area contributed by atoms with Crippen molar-refractivity contribution in [3.63, 3.8) is 0 Å². The lowest BCUT2D eigenvalue weighted by Crippen LogP contribution is -2.36. The molecule has 0 unspecified atom stereocenters. The Morgan fingerprint density at radius 2 is 1.39 bits per heavy atom. The summed E-state index contributed by atoms with van der Waals surface area (Å²) in [6, 6.07) is 14.8. The molecule has 0 aliphatic heterocycles. The molecule has 0 spiro atoms. The van der Waals surface area contributed by atoms with Crippen LogP contribution in [0.4, 0.5) is 0 Å². The Morgan fingerprint density at radius 3 is 1.77 bits per heavy atom. The van der Waals surface area contributed by atoms with Gasteiger partial charge >= 0.3 is 0 Å². The van der Waals surface area contributed by atoms with E-state index < -0.39 is 0 Å². The first-order valence-electron chi connectivity index (χ1n) is 10.2. The second kappa shape index (κ2) is 10.6. The highest BCUT2D eigenvalue weighted by Crippen LogP contribution is 2.33. The normalized spacial score (nSPS) is 18.8. The number of carbonyl (C=O) groups excluding carboxylic acids is 2. The maximum Gasteiger partial charge on any atom is 0.223 e. The summed E-state index contributed by atoms with van der Waals surface area (Å²) in [5, 5.41) is 11.8. The van der Waals surface area contributed by atoms with Crippen LogP contribution >= 0.6 is 0 Å². The van der Waals surface area contributed by atoms with Crippen molar-refractivity contribution >= 4 is 23.8 Å². The van der Waals surface area contributed by atoms with Gasteiger partial charge in [-0.3, -0.25) is 9.59 Å². The van der Waals surface area contributed by atoms with Crippen LogP contribution in [0.5, 0.6) is 11.5 Å². The van der Waals surface area contributed by atoms with Crippen LogP contribution < -0.4 is 14.8 Å². The Bertz CT molecular complexity index is 904.